The molecule has 0 fully saturated rings. The smallest absolute Gasteiger partial charge is 0.441 e. The summed E-state index contributed by atoms with van der Waals surface area (Å²) in [6.45, 7) is 0. The van der Waals surface area contributed by atoms with Gasteiger partial charge in [0.25, 0.3) is 0 Å². The number of aliphatic carboxylic acids is 1. The number of aryl methyl sites for hydroxylation is 1. The Kier molecular flexibility index (Phi) is 5.86. The maximum Gasteiger partial charge on any atom is 0.441 e. The van der Waals surface area contributed by atoms with Crippen molar-refractivity contribution in [2.24, 2.45) is 5.73 Å². The van der Waals surface area contributed by atoms with E-state index in [4.69, 9.17) is 15.4 Å². The van der Waals surface area contributed by atoms with E-state index in [2.05, 4.69) is 5.16 Å². The fraction of sp³-hybridized carbons (Fsp3) is 0.769. The second-order valence-electron chi connectivity index (χ2n) is 5.27. The maximum absolute atomic E-state index is 11.7. The van der Waals surface area contributed by atoms with Crippen molar-refractivity contribution in [1.82, 2.24) is 9.72 Å². The van der Waals surface area contributed by atoms with Crippen molar-refractivity contribution >= 4 is 17.7 Å². The van der Waals surface area contributed by atoms with E-state index in [1.54, 1.807) is 16.3 Å². The third kappa shape index (κ3) is 4.34. The van der Waals surface area contributed by atoms with Crippen molar-refractivity contribution in [1.29, 1.82) is 0 Å². The number of carboxylic acid groups (broad SMARTS) is 1. The average molecular weight is 315 g/mol. The molecule has 2 heterocycles. The zero-order chi connectivity index (χ0) is 15.2. The van der Waals surface area contributed by atoms with E-state index in [1.165, 1.54) is 0 Å². The minimum Gasteiger partial charge on any atom is -0.480 e. The predicted molar refractivity (Wildman–Crippen MR) is 79.5 cm³/mol. The second kappa shape index (κ2) is 7.65. The van der Waals surface area contributed by atoms with Gasteiger partial charge in [-0.15, -0.1) is 0 Å². The molecule has 1 aromatic heterocycles. The molecule has 3 N–H and O–H groups in total. The van der Waals surface area contributed by atoms with Crippen molar-refractivity contribution in [2.75, 3.05) is 11.5 Å². The van der Waals surface area contributed by atoms with Gasteiger partial charge in [-0.1, -0.05) is 11.6 Å². The van der Waals surface area contributed by atoms with Crippen molar-refractivity contribution in [3.05, 3.63) is 16.4 Å². The highest BCUT2D eigenvalue weighted by atomic mass is 32.2. The SMILES string of the molecule is N[C@@H](CCSCCC1CCCCc2noc(=O)n21)C(=O)O. The normalized spacial score (nSPS) is 19.8. The fourth-order valence-corrected chi connectivity index (χ4v) is 3.60. The van der Waals surface area contributed by atoms with E-state index < -0.39 is 12.0 Å². The Hall–Kier alpha value is -1.28. The molecule has 0 radical (unpaired) electrons. The summed E-state index contributed by atoms with van der Waals surface area (Å²) in [4.78, 5) is 22.3. The lowest BCUT2D eigenvalue weighted by Gasteiger charge is -2.15. The average Bonchev–Trinajstić information content (AvgIpc) is 2.70. The second-order valence-corrected chi connectivity index (χ2v) is 6.49. The van der Waals surface area contributed by atoms with Crippen LogP contribution in [0.2, 0.25) is 0 Å². The molecule has 8 heteroatoms. The third-order valence-corrected chi connectivity index (χ3v) is 4.79. The van der Waals surface area contributed by atoms with Crippen molar-refractivity contribution in [2.45, 2.75) is 50.6 Å². The Bertz CT molecular complexity index is 528. The summed E-state index contributed by atoms with van der Waals surface area (Å²) in [6.07, 6.45) is 5.20. The Morgan fingerprint density at radius 3 is 3.10 bits per heavy atom. The predicted octanol–water partition coefficient (Wildman–Crippen LogP) is 1.03. The molecule has 118 valence electrons. The van der Waals surface area contributed by atoms with Crippen LogP contribution in [0.4, 0.5) is 0 Å². The van der Waals surface area contributed by atoms with Crippen molar-refractivity contribution in [3.8, 4) is 0 Å². The molecular weight excluding hydrogens is 294 g/mol. The molecule has 21 heavy (non-hydrogen) atoms. The largest absolute Gasteiger partial charge is 0.480 e. The summed E-state index contributed by atoms with van der Waals surface area (Å²) in [5, 5.41) is 12.5. The molecular formula is C13H21N3O4S. The Morgan fingerprint density at radius 1 is 1.52 bits per heavy atom. The molecule has 0 saturated carbocycles. The molecule has 1 aromatic rings. The first kappa shape index (κ1) is 16.1. The number of fused-ring (bicyclic) bond motifs is 1. The standard InChI is InChI=1S/C13H21N3O4S/c14-10(12(17)18)6-8-21-7-5-9-3-1-2-4-11-15-20-13(19)16(9)11/h9-10H,1-8,14H2,(H,17,18)/t9?,10-/m0/s1. The van der Waals surface area contributed by atoms with Gasteiger partial charge < -0.3 is 10.8 Å². The molecule has 0 saturated heterocycles. The van der Waals surface area contributed by atoms with Gasteiger partial charge in [-0.05, 0) is 37.2 Å². The van der Waals surface area contributed by atoms with Gasteiger partial charge in [-0.2, -0.15) is 11.8 Å². The van der Waals surface area contributed by atoms with Crippen LogP contribution in [0.1, 0.15) is 44.0 Å². The van der Waals surface area contributed by atoms with Gasteiger partial charge in [0.1, 0.15) is 6.04 Å². The number of hydrogen-bond donors (Lipinski definition) is 2. The molecule has 1 aliphatic heterocycles. The molecule has 0 amide bonds. The van der Waals surface area contributed by atoms with Gasteiger partial charge in [0.15, 0.2) is 5.82 Å². The maximum atomic E-state index is 11.7. The van der Waals surface area contributed by atoms with Gasteiger partial charge in [0.2, 0.25) is 0 Å². The number of hydrogen-bond acceptors (Lipinski definition) is 6. The number of carbonyl (C=O) groups is 1. The summed E-state index contributed by atoms with van der Waals surface area (Å²) in [7, 11) is 0. The van der Waals surface area contributed by atoms with Crippen LogP contribution in [-0.2, 0) is 11.2 Å². The monoisotopic (exact) mass is 315 g/mol. The van der Waals surface area contributed by atoms with E-state index in [1.807, 2.05) is 0 Å². The van der Waals surface area contributed by atoms with Crippen LogP contribution in [0.15, 0.2) is 9.32 Å². The van der Waals surface area contributed by atoms with Crippen LogP contribution in [0, 0.1) is 0 Å². The van der Waals surface area contributed by atoms with Gasteiger partial charge in [-0.3, -0.25) is 13.9 Å². The Morgan fingerprint density at radius 2 is 2.33 bits per heavy atom. The zero-order valence-electron chi connectivity index (χ0n) is 11.9. The highest BCUT2D eigenvalue weighted by molar-refractivity contribution is 7.99. The number of nitrogens with two attached hydrogens (primary N) is 1. The van der Waals surface area contributed by atoms with Gasteiger partial charge in [0, 0.05) is 12.5 Å². The van der Waals surface area contributed by atoms with Crippen LogP contribution >= 0.6 is 11.8 Å². The van der Waals surface area contributed by atoms with Crippen molar-refractivity contribution in [3.63, 3.8) is 0 Å². The number of carboxylic acids is 1. The van der Waals surface area contributed by atoms with Crippen LogP contribution in [0.5, 0.6) is 0 Å². The summed E-state index contributed by atoms with van der Waals surface area (Å²) < 4.78 is 6.45. The fourth-order valence-electron chi connectivity index (χ4n) is 2.53. The van der Waals surface area contributed by atoms with E-state index in [-0.39, 0.29) is 11.8 Å². The quantitative estimate of drug-likeness (QED) is 0.723. The molecule has 0 aromatic carbocycles. The minimum absolute atomic E-state index is 0.141. The molecule has 7 nitrogen and oxygen atoms in total. The lowest BCUT2D eigenvalue weighted by atomic mass is 10.1. The summed E-state index contributed by atoms with van der Waals surface area (Å²) in [6, 6.07) is -0.649. The molecule has 0 spiro atoms. The Labute approximate surface area is 126 Å². The molecule has 1 aliphatic rings. The van der Waals surface area contributed by atoms with Crippen LogP contribution in [-0.4, -0.2) is 38.3 Å². The number of nitrogens with zero attached hydrogens (tertiary/aromatic N) is 2. The first-order valence-corrected chi connectivity index (χ1v) is 8.38. The number of aromatic nitrogens is 2. The molecule has 1 unspecified atom stereocenters. The first-order chi connectivity index (χ1) is 10.1. The third-order valence-electron chi connectivity index (χ3n) is 3.74. The van der Waals surface area contributed by atoms with E-state index >= 15 is 0 Å². The summed E-state index contributed by atoms with van der Waals surface area (Å²) in [5.41, 5.74) is 5.45. The number of rotatable bonds is 7. The highest BCUT2D eigenvalue weighted by Gasteiger charge is 2.22. The van der Waals surface area contributed by atoms with Gasteiger partial charge >= 0.3 is 11.7 Å². The van der Waals surface area contributed by atoms with E-state index in [0.29, 0.717) is 12.2 Å². The van der Waals surface area contributed by atoms with Gasteiger partial charge in [0.05, 0.1) is 0 Å². The summed E-state index contributed by atoms with van der Waals surface area (Å²) >= 11 is 1.67. The van der Waals surface area contributed by atoms with Crippen LogP contribution in [0.25, 0.3) is 0 Å². The van der Waals surface area contributed by atoms with Crippen LogP contribution in [0.3, 0.4) is 0 Å². The minimum atomic E-state index is -0.958. The zero-order valence-corrected chi connectivity index (χ0v) is 12.7. The number of thioether (sulfide) groups is 1. The summed E-state index contributed by atoms with van der Waals surface area (Å²) in [5.74, 6) is 1.01. The van der Waals surface area contributed by atoms with E-state index in [0.717, 1.165) is 43.7 Å². The highest BCUT2D eigenvalue weighted by Crippen LogP contribution is 2.25. The van der Waals surface area contributed by atoms with Crippen molar-refractivity contribution < 1.29 is 14.4 Å². The topological polar surface area (TPSA) is 111 Å². The molecule has 0 aliphatic carbocycles. The lowest BCUT2D eigenvalue weighted by Crippen LogP contribution is -2.30. The van der Waals surface area contributed by atoms with Gasteiger partial charge in [-0.25, -0.2) is 4.79 Å². The molecule has 2 rings (SSSR count). The lowest BCUT2D eigenvalue weighted by molar-refractivity contribution is -0.138. The first-order valence-electron chi connectivity index (χ1n) is 7.23. The molecule has 0 bridgehead atoms. The van der Waals surface area contributed by atoms with Crippen LogP contribution < -0.4 is 11.5 Å². The van der Waals surface area contributed by atoms with E-state index in [9.17, 15) is 9.59 Å². The molecule has 2 atom stereocenters. The Balaban J connectivity index is 1.79.